The number of aromatic nitrogens is 4. The van der Waals surface area contributed by atoms with Gasteiger partial charge in [-0.1, -0.05) is 24.3 Å². The molecule has 3 aromatic heterocycles. The Morgan fingerprint density at radius 3 is 2.39 bits per heavy atom. The van der Waals surface area contributed by atoms with Gasteiger partial charge in [0.15, 0.2) is 5.65 Å². The highest BCUT2D eigenvalue weighted by Crippen LogP contribution is 2.17. The lowest BCUT2D eigenvalue weighted by Gasteiger charge is -2.09. The van der Waals surface area contributed by atoms with Crippen LogP contribution in [0.3, 0.4) is 0 Å². The summed E-state index contributed by atoms with van der Waals surface area (Å²) in [6.45, 7) is 0. The molecule has 0 unspecified atom stereocenters. The average Bonchev–Trinajstić information content (AvgIpc) is 2.57. The minimum absolute atomic E-state index is 0.0950. The van der Waals surface area contributed by atoms with E-state index in [0.717, 1.165) is 15.3 Å². The van der Waals surface area contributed by atoms with Crippen molar-refractivity contribution < 1.29 is 0 Å². The fourth-order valence-corrected chi connectivity index (χ4v) is 2.85. The second-order valence-corrected chi connectivity index (χ2v) is 5.42. The molecule has 0 aliphatic heterocycles. The molecule has 0 atom stereocenters. The predicted molar refractivity (Wildman–Crippen MR) is 87.0 cm³/mol. The largest absolute Gasteiger partial charge is 0.332 e. The van der Waals surface area contributed by atoms with Gasteiger partial charge in [0.1, 0.15) is 11.0 Å². The van der Waals surface area contributed by atoms with E-state index in [9.17, 15) is 14.4 Å². The Morgan fingerprint density at radius 1 is 0.870 bits per heavy atom. The molecule has 0 aliphatic carbocycles. The SMILES string of the molecule is Cn1c(=O)c2c(=O)n3ccc4ccccc4c3nc2n(C)c1=O. The molecule has 0 bridgehead atoms. The second kappa shape index (κ2) is 4.39. The zero-order valence-corrected chi connectivity index (χ0v) is 12.5. The van der Waals surface area contributed by atoms with Crippen LogP contribution in [-0.2, 0) is 14.1 Å². The number of nitrogens with zero attached hydrogens (tertiary/aromatic N) is 4. The Labute approximate surface area is 128 Å². The molecule has 0 N–H and O–H groups in total. The molecule has 0 amide bonds. The molecular weight excluding hydrogens is 296 g/mol. The van der Waals surface area contributed by atoms with Gasteiger partial charge in [0.05, 0.1) is 0 Å². The summed E-state index contributed by atoms with van der Waals surface area (Å²) in [5.41, 5.74) is -1.11. The third kappa shape index (κ3) is 1.64. The van der Waals surface area contributed by atoms with Crippen molar-refractivity contribution in [3.8, 4) is 0 Å². The quantitative estimate of drug-likeness (QED) is 0.348. The molecule has 0 aliphatic rings. The van der Waals surface area contributed by atoms with Gasteiger partial charge < -0.3 is 0 Å². The van der Waals surface area contributed by atoms with Crippen LogP contribution in [0.15, 0.2) is 50.9 Å². The van der Waals surface area contributed by atoms with Crippen molar-refractivity contribution in [1.82, 2.24) is 18.5 Å². The minimum atomic E-state index is -0.636. The highest BCUT2D eigenvalue weighted by atomic mass is 16.2. The smallest absolute Gasteiger partial charge is 0.280 e. The number of aryl methyl sites for hydroxylation is 1. The van der Waals surface area contributed by atoms with Crippen LogP contribution in [0.4, 0.5) is 0 Å². The van der Waals surface area contributed by atoms with Gasteiger partial charge >= 0.3 is 5.69 Å². The van der Waals surface area contributed by atoms with Gasteiger partial charge in [0, 0.05) is 25.7 Å². The van der Waals surface area contributed by atoms with E-state index >= 15 is 0 Å². The van der Waals surface area contributed by atoms with Gasteiger partial charge in [-0.3, -0.25) is 23.1 Å². The van der Waals surface area contributed by atoms with E-state index in [-0.39, 0.29) is 11.0 Å². The van der Waals surface area contributed by atoms with Crippen molar-refractivity contribution in [1.29, 1.82) is 0 Å². The van der Waals surface area contributed by atoms with Gasteiger partial charge in [0.25, 0.3) is 11.1 Å². The Bertz CT molecular complexity index is 1290. The maximum absolute atomic E-state index is 12.8. The number of rotatable bonds is 0. The number of pyridine rings is 1. The second-order valence-electron chi connectivity index (χ2n) is 5.42. The zero-order chi connectivity index (χ0) is 16.3. The van der Waals surface area contributed by atoms with E-state index < -0.39 is 16.8 Å². The first-order valence-corrected chi connectivity index (χ1v) is 7.00. The Morgan fingerprint density at radius 2 is 1.61 bits per heavy atom. The summed E-state index contributed by atoms with van der Waals surface area (Å²) in [5.74, 6) is 0. The lowest BCUT2D eigenvalue weighted by molar-refractivity contribution is 0.705. The molecule has 4 rings (SSSR count). The lowest BCUT2D eigenvalue weighted by atomic mass is 10.1. The van der Waals surface area contributed by atoms with E-state index in [1.807, 2.05) is 24.3 Å². The fourth-order valence-electron chi connectivity index (χ4n) is 2.85. The maximum Gasteiger partial charge on any atom is 0.332 e. The van der Waals surface area contributed by atoms with Gasteiger partial charge in [-0.05, 0) is 11.5 Å². The van der Waals surface area contributed by atoms with E-state index in [2.05, 4.69) is 4.98 Å². The van der Waals surface area contributed by atoms with Crippen molar-refractivity contribution in [2.45, 2.75) is 0 Å². The Kier molecular flexibility index (Phi) is 2.57. The van der Waals surface area contributed by atoms with Crippen LogP contribution in [0.2, 0.25) is 0 Å². The molecule has 3 heterocycles. The van der Waals surface area contributed by atoms with Crippen molar-refractivity contribution in [2.75, 3.05) is 0 Å². The molecule has 7 nitrogen and oxygen atoms in total. The van der Waals surface area contributed by atoms with Crippen LogP contribution in [0.25, 0.3) is 27.5 Å². The summed E-state index contributed by atoms with van der Waals surface area (Å²) in [7, 11) is 2.84. The van der Waals surface area contributed by atoms with E-state index in [4.69, 9.17) is 0 Å². The molecule has 114 valence electrons. The molecule has 0 saturated carbocycles. The molecule has 23 heavy (non-hydrogen) atoms. The summed E-state index contributed by atoms with van der Waals surface area (Å²) in [6.07, 6.45) is 1.59. The molecule has 4 aromatic rings. The average molecular weight is 308 g/mol. The standard InChI is InChI=1S/C16H12N4O3/c1-18-13-11(14(21)19(2)16(18)23)15(22)20-8-7-9-5-3-4-6-10(9)12(20)17-13/h3-8H,1-2H3. The molecule has 0 radical (unpaired) electrons. The molecule has 0 saturated heterocycles. The fraction of sp³-hybridized carbons (Fsp3) is 0.125. The first kappa shape index (κ1) is 13.4. The lowest BCUT2D eigenvalue weighted by Crippen LogP contribution is -2.40. The van der Waals surface area contributed by atoms with Crippen LogP contribution >= 0.6 is 0 Å². The van der Waals surface area contributed by atoms with Crippen LogP contribution in [0.5, 0.6) is 0 Å². The van der Waals surface area contributed by atoms with Crippen LogP contribution in [-0.4, -0.2) is 18.5 Å². The van der Waals surface area contributed by atoms with E-state index in [1.165, 1.54) is 23.1 Å². The Hall–Kier alpha value is -3.22. The summed E-state index contributed by atoms with van der Waals surface area (Å²) in [6, 6.07) is 9.30. The van der Waals surface area contributed by atoms with Crippen molar-refractivity contribution >= 4 is 27.5 Å². The summed E-state index contributed by atoms with van der Waals surface area (Å²) in [5, 5.41) is 1.61. The van der Waals surface area contributed by atoms with Crippen molar-refractivity contribution in [3.05, 3.63) is 67.7 Å². The number of benzene rings is 1. The molecule has 7 heteroatoms. The summed E-state index contributed by atoms with van der Waals surface area (Å²) >= 11 is 0. The zero-order valence-electron chi connectivity index (χ0n) is 12.5. The molecular formula is C16H12N4O3. The topological polar surface area (TPSA) is 78.4 Å². The van der Waals surface area contributed by atoms with E-state index in [1.54, 1.807) is 12.3 Å². The van der Waals surface area contributed by atoms with Crippen LogP contribution in [0, 0.1) is 0 Å². The van der Waals surface area contributed by atoms with Crippen LogP contribution in [0.1, 0.15) is 0 Å². The summed E-state index contributed by atoms with van der Waals surface area (Å²) < 4.78 is 3.48. The normalized spacial score (nSPS) is 11.6. The first-order chi connectivity index (χ1) is 11.0. The Balaban J connectivity index is 2.42. The summed E-state index contributed by atoms with van der Waals surface area (Å²) in [4.78, 5) is 41.6. The van der Waals surface area contributed by atoms with Crippen LogP contribution < -0.4 is 16.8 Å². The van der Waals surface area contributed by atoms with Gasteiger partial charge in [-0.15, -0.1) is 0 Å². The highest BCUT2D eigenvalue weighted by Gasteiger charge is 2.16. The molecule has 0 spiro atoms. The highest BCUT2D eigenvalue weighted by molar-refractivity contribution is 5.95. The van der Waals surface area contributed by atoms with Crippen molar-refractivity contribution in [2.24, 2.45) is 14.1 Å². The molecule has 1 aromatic carbocycles. The predicted octanol–water partition coefficient (Wildman–Crippen LogP) is 0.398. The number of hydrogen-bond donors (Lipinski definition) is 0. The maximum atomic E-state index is 12.8. The minimum Gasteiger partial charge on any atom is -0.280 e. The van der Waals surface area contributed by atoms with Gasteiger partial charge in [-0.2, -0.15) is 0 Å². The number of hydrogen-bond acceptors (Lipinski definition) is 4. The van der Waals surface area contributed by atoms with E-state index in [0.29, 0.717) is 5.65 Å². The third-order valence-electron chi connectivity index (χ3n) is 4.11. The van der Waals surface area contributed by atoms with Crippen molar-refractivity contribution in [3.63, 3.8) is 0 Å². The van der Waals surface area contributed by atoms with Gasteiger partial charge in [-0.25, -0.2) is 9.78 Å². The molecule has 0 fully saturated rings. The third-order valence-corrected chi connectivity index (χ3v) is 4.11. The monoisotopic (exact) mass is 308 g/mol. The number of fused-ring (bicyclic) bond motifs is 4. The van der Waals surface area contributed by atoms with Gasteiger partial charge in [0.2, 0.25) is 0 Å². The first-order valence-electron chi connectivity index (χ1n) is 7.00.